The van der Waals surface area contributed by atoms with Crippen LogP contribution in [0.4, 0.5) is 0 Å². The normalized spacial score (nSPS) is 22.6. The molecule has 2 aliphatic rings. The Morgan fingerprint density at radius 1 is 1.10 bits per heavy atom. The highest BCUT2D eigenvalue weighted by atomic mass is 16.5. The lowest BCUT2D eigenvalue weighted by Gasteiger charge is -2.13. The molecule has 2 aliphatic carbocycles. The van der Waals surface area contributed by atoms with Crippen molar-refractivity contribution in [1.82, 2.24) is 0 Å². The average molecular weight is 402 g/mol. The van der Waals surface area contributed by atoms with Crippen molar-refractivity contribution in [2.24, 2.45) is 17.3 Å². The molecule has 2 fully saturated rings. The molecule has 2 saturated carbocycles. The number of para-hydroxylation sites is 1. The highest BCUT2D eigenvalue weighted by molar-refractivity contribution is 5.78. The molecule has 2 aromatic rings. The van der Waals surface area contributed by atoms with E-state index in [0.717, 1.165) is 12.8 Å². The maximum Gasteiger partial charge on any atom is 0.311 e. The van der Waals surface area contributed by atoms with Crippen molar-refractivity contribution in [3.05, 3.63) is 71.8 Å². The van der Waals surface area contributed by atoms with Gasteiger partial charge in [0.15, 0.2) is 0 Å². The molecule has 0 N–H and O–H groups in total. The van der Waals surface area contributed by atoms with Gasteiger partial charge in [-0.1, -0.05) is 55.8 Å². The van der Waals surface area contributed by atoms with Crippen LogP contribution in [0.5, 0.6) is 11.5 Å². The van der Waals surface area contributed by atoms with Crippen LogP contribution in [-0.2, 0) is 9.53 Å². The average Bonchev–Trinajstić information content (AvgIpc) is 3.07. The van der Waals surface area contributed by atoms with Gasteiger partial charge in [0, 0.05) is 5.56 Å². The molecule has 30 heavy (non-hydrogen) atoms. The topological polar surface area (TPSA) is 59.3 Å². The highest BCUT2D eigenvalue weighted by Crippen LogP contribution is 2.60. The number of rotatable bonds is 6. The van der Waals surface area contributed by atoms with Crippen LogP contribution in [0.3, 0.4) is 0 Å². The van der Waals surface area contributed by atoms with Crippen molar-refractivity contribution in [2.45, 2.75) is 45.6 Å². The fourth-order valence-electron chi connectivity index (χ4n) is 4.41. The van der Waals surface area contributed by atoms with Crippen molar-refractivity contribution >= 4 is 5.97 Å². The Kier molecular flexibility index (Phi) is 5.63. The fraction of sp³-hybridized carbons (Fsp3) is 0.385. The van der Waals surface area contributed by atoms with E-state index in [2.05, 4.69) is 26.0 Å². The van der Waals surface area contributed by atoms with E-state index < -0.39 is 6.10 Å². The van der Waals surface area contributed by atoms with E-state index in [1.54, 1.807) is 18.2 Å². The minimum Gasteiger partial charge on any atom is -0.457 e. The van der Waals surface area contributed by atoms with Gasteiger partial charge in [-0.3, -0.25) is 4.79 Å². The molecule has 0 aromatic heterocycles. The molecule has 0 spiro atoms. The maximum absolute atomic E-state index is 12.9. The number of nitriles is 1. The van der Waals surface area contributed by atoms with Crippen LogP contribution in [0.15, 0.2) is 66.2 Å². The van der Waals surface area contributed by atoms with Gasteiger partial charge in [0.1, 0.15) is 17.6 Å². The van der Waals surface area contributed by atoms with Crippen molar-refractivity contribution in [1.29, 1.82) is 5.26 Å². The fourth-order valence-corrected chi connectivity index (χ4v) is 4.41. The molecule has 1 unspecified atom stereocenters. The van der Waals surface area contributed by atoms with E-state index in [0.29, 0.717) is 17.1 Å². The number of ether oxygens (including phenoxy) is 2. The van der Waals surface area contributed by atoms with E-state index in [-0.39, 0.29) is 23.2 Å². The van der Waals surface area contributed by atoms with Crippen LogP contribution in [0.25, 0.3) is 0 Å². The van der Waals surface area contributed by atoms with Gasteiger partial charge >= 0.3 is 5.97 Å². The zero-order valence-electron chi connectivity index (χ0n) is 17.5. The Bertz CT molecular complexity index is 979. The van der Waals surface area contributed by atoms with E-state index >= 15 is 0 Å². The quantitative estimate of drug-likeness (QED) is 0.417. The van der Waals surface area contributed by atoms with E-state index in [4.69, 9.17) is 9.47 Å². The summed E-state index contributed by atoms with van der Waals surface area (Å²) in [6.45, 7) is 4.20. The number of benzene rings is 2. The van der Waals surface area contributed by atoms with Crippen LogP contribution in [-0.4, -0.2) is 5.97 Å². The third-order valence-electron chi connectivity index (χ3n) is 6.32. The monoisotopic (exact) mass is 401 g/mol. The van der Waals surface area contributed by atoms with E-state index in [1.165, 1.54) is 18.4 Å². The summed E-state index contributed by atoms with van der Waals surface area (Å²) in [6, 6.07) is 18.7. The molecular weight excluding hydrogens is 374 g/mol. The second-order valence-corrected chi connectivity index (χ2v) is 8.79. The predicted octanol–water partition coefficient (Wildman–Crippen LogP) is 6.36. The van der Waals surface area contributed by atoms with Gasteiger partial charge in [-0.2, -0.15) is 5.26 Å². The predicted molar refractivity (Wildman–Crippen MR) is 115 cm³/mol. The summed E-state index contributed by atoms with van der Waals surface area (Å²) in [6.07, 6.45) is 6.10. The minimum atomic E-state index is -0.951. The number of hydrogen-bond donors (Lipinski definition) is 0. The summed E-state index contributed by atoms with van der Waals surface area (Å²) in [7, 11) is 0. The van der Waals surface area contributed by atoms with Crippen LogP contribution in [0.2, 0.25) is 0 Å². The summed E-state index contributed by atoms with van der Waals surface area (Å²) in [5.41, 5.74) is 1.96. The molecule has 0 heterocycles. The van der Waals surface area contributed by atoms with Gasteiger partial charge < -0.3 is 9.47 Å². The summed E-state index contributed by atoms with van der Waals surface area (Å²) < 4.78 is 11.5. The Hall–Kier alpha value is -3.06. The number of carbonyl (C=O) groups excluding carboxylic acids is 1. The minimum absolute atomic E-state index is 0.120. The lowest BCUT2D eigenvalue weighted by molar-refractivity contribution is -0.149. The van der Waals surface area contributed by atoms with Crippen molar-refractivity contribution in [2.75, 3.05) is 0 Å². The van der Waals surface area contributed by atoms with E-state index in [1.807, 2.05) is 36.4 Å². The molecular formula is C26H27NO3. The van der Waals surface area contributed by atoms with Crippen LogP contribution in [0.1, 0.15) is 51.2 Å². The summed E-state index contributed by atoms with van der Waals surface area (Å²) in [5.74, 6) is 1.03. The first-order valence-corrected chi connectivity index (χ1v) is 10.6. The number of allylic oxidation sites excluding steroid dienone is 2. The van der Waals surface area contributed by atoms with Crippen LogP contribution < -0.4 is 4.74 Å². The second-order valence-electron chi connectivity index (χ2n) is 8.79. The number of hydrogen-bond acceptors (Lipinski definition) is 4. The zero-order valence-corrected chi connectivity index (χ0v) is 17.5. The van der Waals surface area contributed by atoms with Gasteiger partial charge in [0.2, 0.25) is 6.10 Å². The molecule has 4 nitrogen and oxygen atoms in total. The maximum atomic E-state index is 12.9. The largest absolute Gasteiger partial charge is 0.457 e. The summed E-state index contributed by atoms with van der Waals surface area (Å²) in [5, 5.41) is 9.66. The number of carbonyl (C=O) groups is 1. The third kappa shape index (κ3) is 4.26. The van der Waals surface area contributed by atoms with Crippen molar-refractivity contribution in [3.63, 3.8) is 0 Å². The van der Waals surface area contributed by atoms with Gasteiger partial charge in [-0.25, -0.2) is 0 Å². The molecule has 0 aliphatic heterocycles. The molecule has 0 amide bonds. The Morgan fingerprint density at radius 2 is 1.80 bits per heavy atom. The summed E-state index contributed by atoms with van der Waals surface area (Å²) in [4.78, 5) is 12.9. The lowest BCUT2D eigenvalue weighted by atomic mass is 10.1. The third-order valence-corrected chi connectivity index (χ3v) is 6.32. The van der Waals surface area contributed by atoms with Crippen LogP contribution in [0, 0.1) is 28.6 Å². The molecule has 0 radical (unpaired) electrons. The smallest absolute Gasteiger partial charge is 0.311 e. The molecule has 2 aromatic carbocycles. The Morgan fingerprint density at radius 3 is 2.50 bits per heavy atom. The Labute approximate surface area is 178 Å². The van der Waals surface area contributed by atoms with Gasteiger partial charge in [0.05, 0.1) is 5.92 Å². The van der Waals surface area contributed by atoms with Gasteiger partial charge in [-0.05, 0) is 61.3 Å². The molecule has 0 bridgehead atoms. The second kappa shape index (κ2) is 8.36. The van der Waals surface area contributed by atoms with Crippen molar-refractivity contribution < 1.29 is 14.3 Å². The highest BCUT2D eigenvalue weighted by Gasteiger charge is 2.61. The number of esters is 1. The summed E-state index contributed by atoms with van der Waals surface area (Å²) >= 11 is 0. The molecule has 0 saturated heterocycles. The first-order valence-electron chi connectivity index (χ1n) is 10.6. The van der Waals surface area contributed by atoms with Gasteiger partial charge in [-0.15, -0.1) is 0 Å². The standard InChI is InChI=1S/C26H27NO3/c1-26(2)22(15-18-9-6-7-10-18)24(26)25(28)30-23(17-27)19-11-8-14-21(16-19)29-20-12-4-3-5-13-20/h3-5,8,11-16,22-24H,6-7,9-10H2,1-2H3/t22-,23?,24+/m1/s1. The van der Waals surface area contributed by atoms with E-state index in [9.17, 15) is 10.1 Å². The molecule has 154 valence electrons. The van der Waals surface area contributed by atoms with Crippen LogP contribution >= 0.6 is 0 Å². The first-order chi connectivity index (χ1) is 14.5. The Balaban J connectivity index is 1.45. The molecule has 4 heteroatoms. The zero-order chi connectivity index (χ0) is 21.1. The number of nitrogens with zero attached hydrogens (tertiary/aromatic N) is 1. The first kappa shape index (κ1) is 20.2. The van der Waals surface area contributed by atoms with Crippen molar-refractivity contribution in [3.8, 4) is 17.6 Å². The lowest BCUT2D eigenvalue weighted by Crippen LogP contribution is -2.14. The van der Waals surface area contributed by atoms with Gasteiger partial charge in [0.25, 0.3) is 0 Å². The molecule has 4 rings (SSSR count). The molecule has 3 atom stereocenters. The SMILES string of the molecule is CC1(C)[C@H](C=C2CCCC2)[C@H]1C(=O)OC(C#N)c1cccc(Oc2ccccc2)c1.